The predicted octanol–water partition coefficient (Wildman–Crippen LogP) is 3.22. The van der Waals surface area contributed by atoms with Crippen LogP contribution in [-0.2, 0) is 0 Å². The highest BCUT2D eigenvalue weighted by Gasteiger charge is 2.12. The van der Waals surface area contributed by atoms with Crippen molar-refractivity contribution in [3.8, 4) is 34.1 Å². The molecular weight excluding hydrogens is 252 g/mol. The fourth-order valence-corrected chi connectivity index (χ4v) is 2.02. The summed E-state index contributed by atoms with van der Waals surface area (Å²) in [5.74, 6) is -0.00802. The van der Waals surface area contributed by atoms with Crippen LogP contribution in [0.1, 0.15) is 0 Å². The highest BCUT2D eigenvalue weighted by molar-refractivity contribution is 5.74. The molecule has 98 valence electrons. The van der Waals surface area contributed by atoms with Gasteiger partial charge in [0, 0.05) is 6.20 Å². The summed E-state index contributed by atoms with van der Waals surface area (Å²) in [4.78, 5) is 8.69. The molecule has 1 aromatic carbocycles. The van der Waals surface area contributed by atoms with E-state index in [9.17, 15) is 10.2 Å². The molecule has 2 heterocycles. The second-order valence-corrected chi connectivity index (χ2v) is 4.29. The molecule has 0 fully saturated rings. The minimum atomic E-state index is -0.00401. The Balaban J connectivity index is 2.13. The van der Waals surface area contributed by atoms with Crippen molar-refractivity contribution >= 4 is 0 Å². The first-order valence-corrected chi connectivity index (χ1v) is 6.15. The number of aromatic hydroxyl groups is 2. The molecule has 4 heteroatoms. The molecule has 0 bridgehead atoms. The summed E-state index contributed by atoms with van der Waals surface area (Å²) >= 11 is 0. The lowest BCUT2D eigenvalue weighted by molar-refractivity contribution is 0.454. The quantitative estimate of drug-likeness (QED) is 0.745. The minimum absolute atomic E-state index is 0.00401. The van der Waals surface area contributed by atoms with Crippen LogP contribution < -0.4 is 0 Å². The molecule has 0 atom stereocenters. The van der Waals surface area contributed by atoms with Crippen molar-refractivity contribution in [2.45, 2.75) is 0 Å². The average molecular weight is 264 g/mol. The van der Waals surface area contributed by atoms with E-state index in [1.54, 1.807) is 18.3 Å². The smallest absolute Gasteiger partial charge is 0.128 e. The molecule has 0 radical (unpaired) electrons. The third kappa shape index (κ3) is 2.19. The van der Waals surface area contributed by atoms with E-state index in [0.29, 0.717) is 17.0 Å². The number of pyridine rings is 2. The van der Waals surface area contributed by atoms with Crippen LogP contribution in [0.4, 0.5) is 0 Å². The normalized spacial score (nSPS) is 10.4. The Bertz CT molecular complexity index is 722. The predicted molar refractivity (Wildman–Crippen MR) is 76.2 cm³/mol. The van der Waals surface area contributed by atoms with Gasteiger partial charge in [0.2, 0.25) is 0 Å². The lowest BCUT2D eigenvalue weighted by atomic mass is 10.1. The maximum Gasteiger partial charge on any atom is 0.128 e. The van der Waals surface area contributed by atoms with Crippen molar-refractivity contribution in [2.75, 3.05) is 0 Å². The molecule has 0 aliphatic rings. The van der Waals surface area contributed by atoms with E-state index >= 15 is 0 Å². The molecule has 0 unspecified atom stereocenters. The van der Waals surface area contributed by atoms with Gasteiger partial charge in [-0.3, -0.25) is 4.98 Å². The number of phenolic OH excluding ortho intramolecular Hbond substituents is 2. The van der Waals surface area contributed by atoms with E-state index in [-0.39, 0.29) is 11.5 Å². The molecule has 3 rings (SSSR count). The Hall–Kier alpha value is -2.88. The van der Waals surface area contributed by atoms with Crippen LogP contribution in [0.25, 0.3) is 22.6 Å². The van der Waals surface area contributed by atoms with E-state index < -0.39 is 0 Å². The Morgan fingerprint density at radius 2 is 1.30 bits per heavy atom. The molecule has 0 saturated carbocycles. The van der Waals surface area contributed by atoms with Crippen molar-refractivity contribution in [3.63, 3.8) is 0 Å². The Labute approximate surface area is 116 Å². The maximum absolute atomic E-state index is 9.89. The van der Waals surface area contributed by atoms with Crippen molar-refractivity contribution < 1.29 is 10.2 Å². The average Bonchev–Trinajstić information content (AvgIpc) is 2.48. The highest BCUT2D eigenvalue weighted by atomic mass is 16.3. The summed E-state index contributed by atoms with van der Waals surface area (Å²) in [6.45, 7) is 0. The zero-order chi connectivity index (χ0) is 13.9. The van der Waals surface area contributed by atoms with E-state index in [1.165, 1.54) is 12.1 Å². The van der Waals surface area contributed by atoms with Crippen molar-refractivity contribution in [3.05, 3.63) is 60.8 Å². The van der Waals surface area contributed by atoms with Crippen LogP contribution in [0.2, 0.25) is 0 Å². The fourth-order valence-electron chi connectivity index (χ4n) is 2.02. The first kappa shape index (κ1) is 12.2. The van der Waals surface area contributed by atoms with Gasteiger partial charge in [0.15, 0.2) is 0 Å². The summed E-state index contributed by atoms with van der Waals surface area (Å²) in [5, 5.41) is 19.8. The van der Waals surface area contributed by atoms with Crippen molar-refractivity contribution in [1.82, 2.24) is 9.97 Å². The number of hydrogen-bond donors (Lipinski definition) is 2. The third-order valence-corrected chi connectivity index (χ3v) is 2.95. The second kappa shape index (κ2) is 5.01. The Morgan fingerprint density at radius 1 is 0.650 bits per heavy atom. The summed E-state index contributed by atoms with van der Waals surface area (Å²) in [6, 6.07) is 15.6. The molecule has 0 spiro atoms. The second-order valence-electron chi connectivity index (χ2n) is 4.29. The summed E-state index contributed by atoms with van der Waals surface area (Å²) < 4.78 is 0. The summed E-state index contributed by atoms with van der Waals surface area (Å²) in [5.41, 5.74) is 2.25. The number of benzene rings is 1. The van der Waals surface area contributed by atoms with Gasteiger partial charge in [-0.05, 0) is 36.4 Å². The monoisotopic (exact) mass is 264 g/mol. The molecule has 20 heavy (non-hydrogen) atoms. The van der Waals surface area contributed by atoms with E-state index in [2.05, 4.69) is 9.97 Å². The highest BCUT2D eigenvalue weighted by Crippen LogP contribution is 2.36. The first-order chi connectivity index (χ1) is 9.75. The Morgan fingerprint density at radius 3 is 2.00 bits per heavy atom. The van der Waals surface area contributed by atoms with Crippen LogP contribution in [0.3, 0.4) is 0 Å². The van der Waals surface area contributed by atoms with Gasteiger partial charge in [0.05, 0.1) is 22.6 Å². The van der Waals surface area contributed by atoms with Crippen LogP contribution in [0, 0.1) is 0 Å². The molecule has 0 amide bonds. The van der Waals surface area contributed by atoms with Crippen LogP contribution in [0.15, 0.2) is 60.8 Å². The topological polar surface area (TPSA) is 66.2 Å². The van der Waals surface area contributed by atoms with Gasteiger partial charge >= 0.3 is 0 Å². The number of rotatable bonds is 2. The van der Waals surface area contributed by atoms with E-state index in [0.717, 1.165) is 5.69 Å². The van der Waals surface area contributed by atoms with Gasteiger partial charge in [-0.2, -0.15) is 0 Å². The van der Waals surface area contributed by atoms with Crippen molar-refractivity contribution in [2.24, 2.45) is 0 Å². The summed E-state index contributed by atoms with van der Waals surface area (Å²) in [7, 11) is 0. The Kier molecular flexibility index (Phi) is 3.05. The van der Waals surface area contributed by atoms with Crippen LogP contribution in [0.5, 0.6) is 11.5 Å². The molecule has 3 aromatic rings. The van der Waals surface area contributed by atoms with Gasteiger partial charge in [-0.15, -0.1) is 0 Å². The van der Waals surface area contributed by atoms with Crippen LogP contribution in [-0.4, -0.2) is 20.2 Å². The summed E-state index contributed by atoms with van der Waals surface area (Å²) in [6.07, 6.45) is 1.70. The lowest BCUT2D eigenvalue weighted by Crippen LogP contribution is -1.90. The largest absolute Gasteiger partial charge is 0.507 e. The molecule has 2 N–H and O–H groups in total. The maximum atomic E-state index is 9.89. The molecular formula is C16H12N2O2. The van der Waals surface area contributed by atoms with E-state index in [1.807, 2.05) is 30.3 Å². The third-order valence-electron chi connectivity index (χ3n) is 2.95. The zero-order valence-corrected chi connectivity index (χ0v) is 10.6. The van der Waals surface area contributed by atoms with Gasteiger partial charge < -0.3 is 10.2 Å². The number of nitrogens with zero attached hydrogens (tertiary/aromatic N) is 2. The van der Waals surface area contributed by atoms with Gasteiger partial charge in [-0.1, -0.05) is 18.2 Å². The first-order valence-electron chi connectivity index (χ1n) is 6.15. The lowest BCUT2D eigenvalue weighted by Gasteiger charge is -2.08. The zero-order valence-electron chi connectivity index (χ0n) is 10.6. The van der Waals surface area contributed by atoms with Crippen molar-refractivity contribution in [1.29, 1.82) is 0 Å². The fraction of sp³-hybridized carbons (Fsp3) is 0. The van der Waals surface area contributed by atoms with Crippen LogP contribution >= 0.6 is 0 Å². The number of hydrogen-bond acceptors (Lipinski definition) is 4. The van der Waals surface area contributed by atoms with Gasteiger partial charge in [-0.25, -0.2) is 4.98 Å². The molecule has 0 aliphatic carbocycles. The molecule has 0 saturated heterocycles. The SMILES string of the molecule is Oc1cccc(O)c1-c1cccc(-c2ccccn2)n1. The number of phenols is 2. The molecule has 0 aliphatic heterocycles. The molecule has 4 nitrogen and oxygen atoms in total. The minimum Gasteiger partial charge on any atom is -0.507 e. The number of aromatic nitrogens is 2. The standard InChI is InChI=1S/C16H12N2O2/c19-14-8-4-9-15(20)16(14)13-7-3-6-12(18-13)11-5-1-2-10-17-11/h1-10,19-20H. The molecule has 2 aromatic heterocycles. The van der Waals surface area contributed by atoms with Gasteiger partial charge in [0.25, 0.3) is 0 Å². The van der Waals surface area contributed by atoms with E-state index in [4.69, 9.17) is 0 Å². The van der Waals surface area contributed by atoms with Gasteiger partial charge in [0.1, 0.15) is 11.5 Å².